The van der Waals surface area contributed by atoms with E-state index in [1.807, 2.05) is 4.90 Å². The normalized spacial score (nSPS) is 24.8. The van der Waals surface area contributed by atoms with E-state index in [0.29, 0.717) is 25.1 Å². The number of amides is 3. The van der Waals surface area contributed by atoms with Crippen LogP contribution in [0.4, 0.5) is 15.8 Å². The lowest BCUT2D eigenvalue weighted by Gasteiger charge is -2.32. The third-order valence-electron chi connectivity index (χ3n) is 6.42. The smallest absolute Gasteiger partial charge is 0.228 e. The van der Waals surface area contributed by atoms with Gasteiger partial charge in [-0.15, -0.1) is 0 Å². The number of nitrogens with one attached hydrogen (secondary N) is 1. The molecule has 0 spiro atoms. The second kappa shape index (κ2) is 8.51. The van der Waals surface area contributed by atoms with E-state index in [1.165, 1.54) is 11.0 Å². The van der Waals surface area contributed by atoms with Gasteiger partial charge in [-0.2, -0.15) is 0 Å². The Morgan fingerprint density at radius 1 is 0.966 bits per heavy atom. The largest absolute Gasteiger partial charge is 0.342 e. The quantitative estimate of drug-likeness (QED) is 0.841. The number of carbonyl (C=O) groups is 3. The summed E-state index contributed by atoms with van der Waals surface area (Å²) in [6, 6.07) is 4.43. The van der Waals surface area contributed by atoms with E-state index in [0.717, 1.165) is 51.6 Å². The highest BCUT2D eigenvalue weighted by Gasteiger charge is 2.38. The molecule has 0 aromatic heterocycles. The van der Waals surface area contributed by atoms with Crippen LogP contribution >= 0.6 is 0 Å². The van der Waals surface area contributed by atoms with E-state index in [2.05, 4.69) is 5.32 Å². The van der Waals surface area contributed by atoms with Crippen LogP contribution in [0.25, 0.3) is 0 Å². The molecule has 1 aromatic carbocycles. The molecule has 4 rings (SSSR count). The molecule has 2 heterocycles. The predicted octanol–water partition coefficient (Wildman–Crippen LogP) is 3.32. The number of carbonyl (C=O) groups excluding carboxylic acids is 3. The maximum atomic E-state index is 14.6. The van der Waals surface area contributed by atoms with Crippen LogP contribution in [-0.2, 0) is 14.4 Å². The summed E-state index contributed by atoms with van der Waals surface area (Å²) in [5.41, 5.74) is 0.617. The second-order valence-corrected chi connectivity index (χ2v) is 8.33. The zero-order valence-corrected chi connectivity index (χ0v) is 16.7. The number of hydrogen-bond acceptors (Lipinski definition) is 3. The van der Waals surface area contributed by atoms with Gasteiger partial charge in [0.1, 0.15) is 5.82 Å². The predicted molar refractivity (Wildman–Crippen MR) is 108 cm³/mol. The van der Waals surface area contributed by atoms with Crippen LogP contribution in [-0.4, -0.2) is 42.3 Å². The number of nitrogens with zero attached hydrogens (tertiary/aromatic N) is 2. The van der Waals surface area contributed by atoms with Crippen LogP contribution in [0, 0.1) is 17.7 Å². The molecule has 1 saturated carbocycles. The van der Waals surface area contributed by atoms with Gasteiger partial charge in [0.05, 0.1) is 5.69 Å². The fourth-order valence-electron chi connectivity index (χ4n) is 4.85. The minimum atomic E-state index is -0.522. The van der Waals surface area contributed by atoms with Gasteiger partial charge in [-0.05, 0) is 50.3 Å². The topological polar surface area (TPSA) is 69.7 Å². The van der Waals surface area contributed by atoms with Crippen molar-refractivity contribution in [1.29, 1.82) is 0 Å². The summed E-state index contributed by atoms with van der Waals surface area (Å²) in [6.07, 6.45) is 6.52. The van der Waals surface area contributed by atoms with Gasteiger partial charge in [-0.3, -0.25) is 14.4 Å². The van der Waals surface area contributed by atoms with Crippen molar-refractivity contribution in [1.82, 2.24) is 4.90 Å². The van der Waals surface area contributed by atoms with Crippen LogP contribution in [0.2, 0.25) is 0 Å². The Balaban J connectivity index is 1.45. The lowest BCUT2D eigenvalue weighted by Crippen LogP contribution is -2.42. The summed E-state index contributed by atoms with van der Waals surface area (Å²) < 4.78 is 14.6. The molecule has 29 heavy (non-hydrogen) atoms. The monoisotopic (exact) mass is 401 g/mol. The first kappa shape index (κ1) is 19.9. The highest BCUT2D eigenvalue weighted by Crippen LogP contribution is 2.34. The highest BCUT2D eigenvalue weighted by molar-refractivity contribution is 5.98. The summed E-state index contributed by atoms with van der Waals surface area (Å²) in [6.45, 7) is 2.08. The lowest BCUT2D eigenvalue weighted by molar-refractivity contribution is -0.141. The number of hydrogen-bond donors (Lipinski definition) is 1. The molecule has 7 heteroatoms. The molecule has 1 aromatic rings. The van der Waals surface area contributed by atoms with Crippen molar-refractivity contribution in [3.63, 3.8) is 0 Å². The first-order valence-corrected chi connectivity index (χ1v) is 10.7. The van der Waals surface area contributed by atoms with Crippen molar-refractivity contribution in [3.8, 4) is 0 Å². The number of anilines is 2. The molecule has 1 aliphatic carbocycles. The second-order valence-electron chi connectivity index (χ2n) is 8.33. The van der Waals surface area contributed by atoms with Gasteiger partial charge >= 0.3 is 0 Å². The summed E-state index contributed by atoms with van der Waals surface area (Å²) in [4.78, 5) is 41.0. The van der Waals surface area contributed by atoms with Crippen molar-refractivity contribution in [2.75, 3.05) is 29.9 Å². The molecule has 0 radical (unpaired) electrons. The Labute approximate surface area is 170 Å². The Hall–Kier alpha value is -2.44. The van der Waals surface area contributed by atoms with Crippen molar-refractivity contribution in [2.24, 2.45) is 11.8 Å². The number of benzene rings is 1. The Kier molecular flexibility index (Phi) is 5.83. The number of rotatable bonds is 4. The van der Waals surface area contributed by atoms with Crippen molar-refractivity contribution >= 4 is 29.1 Å². The van der Waals surface area contributed by atoms with E-state index in [1.54, 1.807) is 12.1 Å². The minimum absolute atomic E-state index is 0.0776. The molecule has 2 unspecified atom stereocenters. The van der Waals surface area contributed by atoms with Crippen molar-refractivity contribution in [3.05, 3.63) is 24.0 Å². The summed E-state index contributed by atoms with van der Waals surface area (Å²) in [5, 5.41) is 2.80. The maximum absolute atomic E-state index is 14.6. The molecular formula is C22H28FN3O3. The fourth-order valence-corrected chi connectivity index (χ4v) is 4.85. The van der Waals surface area contributed by atoms with E-state index in [4.69, 9.17) is 0 Å². The minimum Gasteiger partial charge on any atom is -0.342 e. The highest BCUT2D eigenvalue weighted by atomic mass is 19.1. The number of likely N-dealkylation sites (tertiary alicyclic amines) is 1. The molecule has 0 bridgehead atoms. The molecule has 1 N–H and O–H groups in total. The standard InChI is InChI=1S/C22H28FN3O3/c23-18-14-15(9-10-19(18)26-13-5-8-20(26)27)24-21(28)16-6-1-2-7-17(16)22(29)25-11-3-4-12-25/h9-10,14,16-17H,1-8,11-13H2,(H,24,28). The average Bonchev–Trinajstić information content (AvgIpc) is 3.40. The van der Waals surface area contributed by atoms with E-state index >= 15 is 0 Å². The van der Waals surface area contributed by atoms with Crippen LogP contribution in [0.15, 0.2) is 18.2 Å². The summed E-state index contributed by atoms with van der Waals surface area (Å²) in [5.74, 6) is -1.38. The van der Waals surface area contributed by atoms with Gasteiger partial charge < -0.3 is 15.1 Å². The van der Waals surface area contributed by atoms with Crippen molar-refractivity contribution in [2.45, 2.75) is 51.4 Å². The van der Waals surface area contributed by atoms with Gasteiger partial charge in [-0.1, -0.05) is 12.8 Å². The molecular weight excluding hydrogens is 373 g/mol. The molecule has 2 atom stereocenters. The summed E-state index contributed by atoms with van der Waals surface area (Å²) >= 11 is 0. The zero-order valence-electron chi connectivity index (χ0n) is 16.7. The van der Waals surface area contributed by atoms with Gasteiger partial charge in [0.2, 0.25) is 17.7 Å². The number of halogens is 1. The third-order valence-corrected chi connectivity index (χ3v) is 6.42. The van der Waals surface area contributed by atoms with E-state index in [-0.39, 0.29) is 35.2 Å². The first-order valence-electron chi connectivity index (χ1n) is 10.7. The van der Waals surface area contributed by atoms with Gasteiger partial charge in [0.25, 0.3) is 0 Å². The molecule has 2 saturated heterocycles. The first-order chi connectivity index (χ1) is 14.0. The van der Waals surface area contributed by atoms with Crippen LogP contribution in [0.5, 0.6) is 0 Å². The van der Waals surface area contributed by atoms with Crippen molar-refractivity contribution < 1.29 is 18.8 Å². The van der Waals surface area contributed by atoms with Gasteiger partial charge in [-0.25, -0.2) is 4.39 Å². The maximum Gasteiger partial charge on any atom is 0.228 e. The van der Waals surface area contributed by atoms with Gasteiger partial charge in [0, 0.05) is 43.6 Å². The Bertz CT molecular complexity index is 806. The molecule has 3 fully saturated rings. The zero-order chi connectivity index (χ0) is 20.4. The fraction of sp³-hybridized carbons (Fsp3) is 0.591. The molecule has 156 valence electrons. The van der Waals surface area contributed by atoms with Crippen LogP contribution in [0.3, 0.4) is 0 Å². The Morgan fingerprint density at radius 2 is 1.69 bits per heavy atom. The summed E-state index contributed by atoms with van der Waals surface area (Å²) in [7, 11) is 0. The third kappa shape index (κ3) is 4.14. The lowest BCUT2D eigenvalue weighted by atomic mass is 9.77. The molecule has 2 aliphatic heterocycles. The van der Waals surface area contributed by atoms with E-state index < -0.39 is 5.82 Å². The van der Waals surface area contributed by atoms with Gasteiger partial charge in [0.15, 0.2) is 0 Å². The van der Waals surface area contributed by atoms with E-state index in [9.17, 15) is 18.8 Å². The Morgan fingerprint density at radius 3 is 2.34 bits per heavy atom. The van der Waals surface area contributed by atoms with Crippen LogP contribution < -0.4 is 10.2 Å². The molecule has 6 nitrogen and oxygen atoms in total. The average molecular weight is 401 g/mol. The molecule has 3 amide bonds. The molecule has 3 aliphatic rings. The van der Waals surface area contributed by atoms with Crippen LogP contribution in [0.1, 0.15) is 51.4 Å². The SMILES string of the molecule is O=C(Nc1ccc(N2CCCC2=O)c(F)c1)C1CCCCC1C(=O)N1CCCC1.